The van der Waals surface area contributed by atoms with Crippen molar-refractivity contribution in [1.82, 2.24) is 10.2 Å². The molecule has 1 heterocycles. The van der Waals surface area contributed by atoms with E-state index in [0.29, 0.717) is 6.04 Å². The van der Waals surface area contributed by atoms with Crippen LogP contribution in [0.25, 0.3) is 0 Å². The van der Waals surface area contributed by atoms with E-state index in [9.17, 15) is 5.11 Å². The zero-order valence-electron chi connectivity index (χ0n) is 9.50. The first-order valence-corrected chi connectivity index (χ1v) is 5.87. The lowest BCUT2D eigenvalue weighted by atomic mass is 10.0. The first-order valence-electron chi connectivity index (χ1n) is 5.87. The third-order valence-corrected chi connectivity index (χ3v) is 2.83. The third-order valence-electron chi connectivity index (χ3n) is 2.83. The van der Waals surface area contributed by atoms with Crippen LogP contribution in [0.4, 0.5) is 0 Å². The molecule has 0 amide bonds. The van der Waals surface area contributed by atoms with Gasteiger partial charge in [-0.05, 0) is 45.8 Å². The zero-order valence-corrected chi connectivity index (χ0v) is 9.50. The van der Waals surface area contributed by atoms with Crippen LogP contribution in [0.2, 0.25) is 0 Å². The standard InChI is InChI=1S/C11H24N2O/c1-3-8-13(9-10(2)14)11-4-6-12-7-5-11/h10-12,14H,3-9H2,1-2H3. The molecule has 0 aliphatic carbocycles. The molecule has 0 spiro atoms. The van der Waals surface area contributed by atoms with Crippen molar-refractivity contribution in [2.45, 2.75) is 45.3 Å². The number of rotatable bonds is 5. The van der Waals surface area contributed by atoms with Gasteiger partial charge in [0.05, 0.1) is 6.10 Å². The van der Waals surface area contributed by atoms with Crippen LogP contribution in [0.15, 0.2) is 0 Å². The van der Waals surface area contributed by atoms with Gasteiger partial charge in [-0.1, -0.05) is 6.92 Å². The molecule has 1 saturated heterocycles. The summed E-state index contributed by atoms with van der Waals surface area (Å²) < 4.78 is 0. The van der Waals surface area contributed by atoms with Crippen molar-refractivity contribution >= 4 is 0 Å². The van der Waals surface area contributed by atoms with Gasteiger partial charge in [-0.3, -0.25) is 4.90 Å². The normalized spacial score (nSPS) is 21.4. The second-order valence-electron chi connectivity index (χ2n) is 4.33. The fourth-order valence-electron chi connectivity index (χ4n) is 2.22. The second kappa shape index (κ2) is 6.38. The molecule has 1 aliphatic heterocycles. The Balaban J connectivity index is 2.38. The number of hydrogen-bond acceptors (Lipinski definition) is 3. The quantitative estimate of drug-likeness (QED) is 0.690. The second-order valence-corrected chi connectivity index (χ2v) is 4.33. The molecular weight excluding hydrogens is 176 g/mol. The highest BCUT2D eigenvalue weighted by molar-refractivity contribution is 4.78. The van der Waals surface area contributed by atoms with Gasteiger partial charge in [0.15, 0.2) is 0 Å². The minimum atomic E-state index is -0.198. The molecule has 1 unspecified atom stereocenters. The van der Waals surface area contributed by atoms with E-state index in [1.165, 1.54) is 19.3 Å². The minimum Gasteiger partial charge on any atom is -0.392 e. The summed E-state index contributed by atoms with van der Waals surface area (Å²) in [5.41, 5.74) is 0. The van der Waals surface area contributed by atoms with E-state index < -0.39 is 0 Å². The highest BCUT2D eigenvalue weighted by Gasteiger charge is 2.20. The molecule has 1 atom stereocenters. The average Bonchev–Trinajstić information content (AvgIpc) is 2.18. The number of aliphatic hydroxyl groups is 1. The van der Waals surface area contributed by atoms with E-state index in [-0.39, 0.29) is 6.10 Å². The maximum Gasteiger partial charge on any atom is 0.0639 e. The van der Waals surface area contributed by atoms with Gasteiger partial charge in [-0.2, -0.15) is 0 Å². The molecule has 1 aliphatic rings. The number of nitrogens with one attached hydrogen (secondary N) is 1. The fraction of sp³-hybridized carbons (Fsp3) is 1.00. The summed E-state index contributed by atoms with van der Waals surface area (Å²) in [6.45, 7) is 8.29. The SMILES string of the molecule is CCCN(CC(C)O)C1CCNCC1. The van der Waals surface area contributed by atoms with Crippen LogP contribution in [0.3, 0.4) is 0 Å². The maximum atomic E-state index is 9.42. The van der Waals surface area contributed by atoms with E-state index in [1.54, 1.807) is 0 Å². The predicted molar refractivity (Wildman–Crippen MR) is 59.4 cm³/mol. The summed E-state index contributed by atoms with van der Waals surface area (Å²) >= 11 is 0. The Morgan fingerprint density at radius 3 is 2.57 bits per heavy atom. The molecule has 14 heavy (non-hydrogen) atoms. The molecule has 0 aromatic rings. The smallest absolute Gasteiger partial charge is 0.0639 e. The van der Waals surface area contributed by atoms with Crippen molar-refractivity contribution < 1.29 is 5.11 Å². The fourth-order valence-corrected chi connectivity index (χ4v) is 2.22. The van der Waals surface area contributed by atoms with Crippen molar-refractivity contribution in [2.24, 2.45) is 0 Å². The van der Waals surface area contributed by atoms with E-state index >= 15 is 0 Å². The Bertz CT molecular complexity index is 144. The van der Waals surface area contributed by atoms with Gasteiger partial charge in [0.25, 0.3) is 0 Å². The van der Waals surface area contributed by atoms with Gasteiger partial charge >= 0.3 is 0 Å². The maximum absolute atomic E-state index is 9.42. The Morgan fingerprint density at radius 2 is 2.07 bits per heavy atom. The molecule has 84 valence electrons. The monoisotopic (exact) mass is 200 g/mol. The van der Waals surface area contributed by atoms with E-state index in [4.69, 9.17) is 0 Å². The van der Waals surface area contributed by atoms with Crippen molar-refractivity contribution in [3.63, 3.8) is 0 Å². The Hall–Kier alpha value is -0.120. The average molecular weight is 200 g/mol. The van der Waals surface area contributed by atoms with Gasteiger partial charge in [0, 0.05) is 12.6 Å². The predicted octanol–water partition coefficient (Wildman–Crippen LogP) is 0.831. The van der Waals surface area contributed by atoms with E-state index in [1.807, 2.05) is 6.92 Å². The third kappa shape index (κ3) is 3.95. The summed E-state index contributed by atoms with van der Waals surface area (Å²) in [4.78, 5) is 2.45. The number of aliphatic hydroxyl groups excluding tert-OH is 1. The van der Waals surface area contributed by atoms with Gasteiger partial charge in [-0.15, -0.1) is 0 Å². The first kappa shape index (κ1) is 12.0. The Labute approximate surface area is 87.5 Å². The van der Waals surface area contributed by atoms with Crippen LogP contribution >= 0.6 is 0 Å². The van der Waals surface area contributed by atoms with Gasteiger partial charge < -0.3 is 10.4 Å². The van der Waals surface area contributed by atoms with Crippen LogP contribution in [-0.4, -0.2) is 48.3 Å². The molecule has 3 nitrogen and oxygen atoms in total. The van der Waals surface area contributed by atoms with Gasteiger partial charge in [0.2, 0.25) is 0 Å². The summed E-state index contributed by atoms with van der Waals surface area (Å²) in [6.07, 6.45) is 3.44. The highest BCUT2D eigenvalue weighted by atomic mass is 16.3. The molecule has 2 N–H and O–H groups in total. The van der Waals surface area contributed by atoms with Crippen molar-refractivity contribution in [2.75, 3.05) is 26.2 Å². The number of piperidine rings is 1. The van der Waals surface area contributed by atoms with Crippen LogP contribution in [-0.2, 0) is 0 Å². The van der Waals surface area contributed by atoms with Crippen molar-refractivity contribution in [3.05, 3.63) is 0 Å². The zero-order chi connectivity index (χ0) is 10.4. The van der Waals surface area contributed by atoms with Crippen molar-refractivity contribution in [1.29, 1.82) is 0 Å². The summed E-state index contributed by atoms with van der Waals surface area (Å²) in [5.74, 6) is 0. The molecule has 0 aromatic heterocycles. The molecule has 0 saturated carbocycles. The molecule has 0 bridgehead atoms. The van der Waals surface area contributed by atoms with Crippen molar-refractivity contribution in [3.8, 4) is 0 Å². The largest absolute Gasteiger partial charge is 0.392 e. The lowest BCUT2D eigenvalue weighted by Crippen LogP contribution is -2.45. The Kier molecular flexibility index (Phi) is 5.45. The van der Waals surface area contributed by atoms with Gasteiger partial charge in [0.1, 0.15) is 0 Å². The molecule has 1 fully saturated rings. The summed E-state index contributed by atoms with van der Waals surface area (Å²) in [7, 11) is 0. The minimum absolute atomic E-state index is 0.198. The molecule has 1 rings (SSSR count). The first-order chi connectivity index (χ1) is 6.74. The molecule has 0 aromatic carbocycles. The lowest BCUT2D eigenvalue weighted by Gasteiger charge is -2.35. The van der Waals surface area contributed by atoms with Gasteiger partial charge in [-0.25, -0.2) is 0 Å². The molecular formula is C11H24N2O. The number of hydrogen-bond donors (Lipinski definition) is 2. The van der Waals surface area contributed by atoms with E-state index in [0.717, 1.165) is 26.2 Å². The van der Waals surface area contributed by atoms with Crippen LogP contribution in [0.1, 0.15) is 33.1 Å². The lowest BCUT2D eigenvalue weighted by molar-refractivity contribution is 0.0852. The topological polar surface area (TPSA) is 35.5 Å². The number of nitrogens with zero attached hydrogens (tertiary/aromatic N) is 1. The molecule has 3 heteroatoms. The van der Waals surface area contributed by atoms with Crippen LogP contribution < -0.4 is 5.32 Å². The Morgan fingerprint density at radius 1 is 1.43 bits per heavy atom. The summed E-state index contributed by atoms with van der Waals surface area (Å²) in [5, 5.41) is 12.8. The summed E-state index contributed by atoms with van der Waals surface area (Å²) in [6, 6.07) is 0.686. The van der Waals surface area contributed by atoms with Crippen LogP contribution in [0.5, 0.6) is 0 Å². The van der Waals surface area contributed by atoms with Crippen LogP contribution in [0, 0.1) is 0 Å². The van der Waals surface area contributed by atoms with E-state index in [2.05, 4.69) is 17.1 Å². The highest BCUT2D eigenvalue weighted by Crippen LogP contribution is 2.12. The molecule has 0 radical (unpaired) electrons.